The van der Waals surface area contributed by atoms with Crippen LogP contribution in [0.25, 0.3) is 0 Å². The van der Waals surface area contributed by atoms with Gasteiger partial charge in [-0.15, -0.1) is 0 Å². The molecule has 0 aliphatic heterocycles. The predicted octanol–water partition coefficient (Wildman–Crippen LogP) is 0.827. The van der Waals surface area contributed by atoms with Crippen LogP contribution in [0.3, 0.4) is 0 Å². The van der Waals surface area contributed by atoms with E-state index in [1.165, 1.54) is 18.2 Å². The van der Waals surface area contributed by atoms with E-state index in [4.69, 9.17) is 10.5 Å². The molecule has 0 aromatic heterocycles. The molecular formula is C13H17N3O4. The summed E-state index contributed by atoms with van der Waals surface area (Å²) in [6.07, 6.45) is 2.25. The van der Waals surface area contributed by atoms with E-state index in [-0.39, 0.29) is 24.2 Å². The zero-order chi connectivity index (χ0) is 14.5. The van der Waals surface area contributed by atoms with Crippen molar-refractivity contribution in [2.45, 2.75) is 18.9 Å². The molecule has 7 heteroatoms. The van der Waals surface area contributed by atoms with Gasteiger partial charge in [-0.3, -0.25) is 14.9 Å². The van der Waals surface area contributed by atoms with Gasteiger partial charge in [0.15, 0.2) is 6.61 Å². The molecule has 3 N–H and O–H groups in total. The average molecular weight is 279 g/mol. The van der Waals surface area contributed by atoms with Crippen molar-refractivity contribution in [1.29, 1.82) is 0 Å². The highest BCUT2D eigenvalue weighted by molar-refractivity contribution is 5.77. The van der Waals surface area contributed by atoms with Crippen LogP contribution in [0.5, 0.6) is 5.75 Å². The highest BCUT2D eigenvalue weighted by atomic mass is 16.6. The lowest BCUT2D eigenvalue weighted by Crippen LogP contribution is -2.40. The molecule has 0 heterocycles. The molecule has 0 spiro atoms. The fourth-order valence-corrected chi connectivity index (χ4v) is 1.81. The predicted molar refractivity (Wildman–Crippen MR) is 72.3 cm³/mol. The number of ether oxygens (including phenoxy) is 1. The van der Waals surface area contributed by atoms with Gasteiger partial charge in [0.2, 0.25) is 0 Å². The Bertz CT molecular complexity index is 502. The zero-order valence-corrected chi connectivity index (χ0v) is 11.0. The van der Waals surface area contributed by atoms with E-state index in [2.05, 4.69) is 5.32 Å². The van der Waals surface area contributed by atoms with Crippen LogP contribution in [0.1, 0.15) is 12.8 Å². The van der Waals surface area contributed by atoms with E-state index in [1.807, 2.05) is 0 Å². The van der Waals surface area contributed by atoms with Crippen molar-refractivity contribution < 1.29 is 14.5 Å². The molecule has 108 valence electrons. The van der Waals surface area contributed by atoms with Crippen molar-refractivity contribution in [3.8, 4) is 5.75 Å². The number of hydrogen-bond donors (Lipinski definition) is 2. The minimum absolute atomic E-state index is 0.00300. The van der Waals surface area contributed by atoms with Gasteiger partial charge in [-0.1, -0.05) is 6.07 Å². The lowest BCUT2D eigenvalue weighted by molar-refractivity contribution is -0.384. The molecule has 7 nitrogen and oxygen atoms in total. The van der Waals surface area contributed by atoms with Crippen LogP contribution in [0.4, 0.5) is 5.69 Å². The highest BCUT2D eigenvalue weighted by Crippen LogP contribution is 2.31. The number of nitrogens with zero attached hydrogens (tertiary/aromatic N) is 1. The van der Waals surface area contributed by atoms with Gasteiger partial charge in [0, 0.05) is 18.7 Å². The molecule has 2 rings (SSSR count). The molecule has 0 saturated heterocycles. The summed E-state index contributed by atoms with van der Waals surface area (Å²) in [7, 11) is 0. The third kappa shape index (κ3) is 4.20. The lowest BCUT2D eigenvalue weighted by atomic mass is 10.2. The molecule has 1 saturated carbocycles. The van der Waals surface area contributed by atoms with Gasteiger partial charge in [0.05, 0.1) is 11.0 Å². The summed E-state index contributed by atoms with van der Waals surface area (Å²) >= 11 is 0. The second-order valence-corrected chi connectivity index (χ2v) is 4.85. The lowest BCUT2D eigenvalue weighted by Gasteiger charge is -2.12. The van der Waals surface area contributed by atoms with Crippen molar-refractivity contribution in [3.05, 3.63) is 34.4 Å². The van der Waals surface area contributed by atoms with Crippen molar-refractivity contribution in [3.63, 3.8) is 0 Å². The number of carbonyl (C=O) groups is 1. The van der Waals surface area contributed by atoms with Crippen molar-refractivity contribution in [1.82, 2.24) is 5.32 Å². The Morgan fingerprint density at radius 3 is 2.95 bits per heavy atom. The van der Waals surface area contributed by atoms with Crippen LogP contribution in [-0.4, -0.2) is 30.0 Å². The van der Waals surface area contributed by atoms with E-state index in [9.17, 15) is 14.9 Å². The van der Waals surface area contributed by atoms with Gasteiger partial charge >= 0.3 is 0 Å². The molecule has 0 bridgehead atoms. The molecule has 20 heavy (non-hydrogen) atoms. The monoisotopic (exact) mass is 279 g/mol. The number of non-ortho nitro benzene ring substituents is 1. The number of nitrogens with two attached hydrogens (primary N) is 1. The SMILES string of the molecule is NC(CNC(=O)COc1cccc([N+](=O)[O-])c1)C1CC1. The van der Waals surface area contributed by atoms with Gasteiger partial charge < -0.3 is 15.8 Å². The van der Waals surface area contributed by atoms with Crippen molar-refractivity contribution in [2.24, 2.45) is 11.7 Å². The first-order valence-electron chi connectivity index (χ1n) is 6.46. The first kappa shape index (κ1) is 14.3. The normalized spacial score (nSPS) is 15.4. The Balaban J connectivity index is 1.74. The van der Waals surface area contributed by atoms with E-state index in [1.54, 1.807) is 6.07 Å². The Labute approximate surface area is 116 Å². The Morgan fingerprint density at radius 1 is 1.55 bits per heavy atom. The van der Waals surface area contributed by atoms with Crippen LogP contribution in [0.2, 0.25) is 0 Å². The summed E-state index contributed by atoms with van der Waals surface area (Å²) in [5.74, 6) is 0.529. The third-order valence-corrected chi connectivity index (χ3v) is 3.16. The number of nitro benzene ring substituents is 1. The van der Waals surface area contributed by atoms with Gasteiger partial charge in [-0.05, 0) is 24.8 Å². The molecule has 1 amide bonds. The number of benzene rings is 1. The first-order valence-corrected chi connectivity index (χ1v) is 6.46. The van der Waals surface area contributed by atoms with Gasteiger partial charge in [-0.2, -0.15) is 0 Å². The van der Waals surface area contributed by atoms with E-state index < -0.39 is 4.92 Å². The van der Waals surface area contributed by atoms with E-state index in [0.29, 0.717) is 18.2 Å². The van der Waals surface area contributed by atoms with Crippen molar-refractivity contribution >= 4 is 11.6 Å². The van der Waals surface area contributed by atoms with E-state index in [0.717, 1.165) is 12.8 Å². The highest BCUT2D eigenvalue weighted by Gasteiger charge is 2.28. The fourth-order valence-electron chi connectivity index (χ4n) is 1.81. The molecule has 1 fully saturated rings. The topological polar surface area (TPSA) is 107 Å². The van der Waals surface area contributed by atoms with Crippen LogP contribution < -0.4 is 15.8 Å². The Kier molecular flexibility index (Phi) is 4.52. The minimum atomic E-state index is -0.512. The zero-order valence-electron chi connectivity index (χ0n) is 11.0. The summed E-state index contributed by atoms with van der Waals surface area (Å²) < 4.78 is 5.21. The molecule has 1 aromatic carbocycles. The first-order chi connectivity index (χ1) is 9.56. The van der Waals surface area contributed by atoms with E-state index >= 15 is 0 Å². The number of nitrogens with one attached hydrogen (secondary N) is 1. The second kappa shape index (κ2) is 6.33. The quantitative estimate of drug-likeness (QED) is 0.567. The number of carbonyl (C=O) groups excluding carboxylic acids is 1. The smallest absolute Gasteiger partial charge is 0.273 e. The molecule has 1 aromatic rings. The molecule has 1 aliphatic rings. The molecular weight excluding hydrogens is 262 g/mol. The maximum Gasteiger partial charge on any atom is 0.273 e. The summed E-state index contributed by atoms with van der Waals surface area (Å²) in [6, 6.07) is 5.71. The number of nitro groups is 1. The fraction of sp³-hybridized carbons (Fsp3) is 0.462. The van der Waals surface area contributed by atoms with Gasteiger partial charge in [-0.25, -0.2) is 0 Å². The van der Waals surface area contributed by atoms with Crippen LogP contribution in [0.15, 0.2) is 24.3 Å². The Hall–Kier alpha value is -2.15. The van der Waals surface area contributed by atoms with Crippen LogP contribution in [0, 0.1) is 16.0 Å². The summed E-state index contributed by atoms with van der Waals surface area (Å²) in [4.78, 5) is 21.6. The Morgan fingerprint density at radius 2 is 2.30 bits per heavy atom. The van der Waals surface area contributed by atoms with Gasteiger partial charge in [0.1, 0.15) is 5.75 Å². The molecule has 1 atom stereocenters. The maximum absolute atomic E-state index is 11.6. The van der Waals surface area contributed by atoms with Gasteiger partial charge in [0.25, 0.3) is 11.6 Å². The minimum Gasteiger partial charge on any atom is -0.484 e. The summed E-state index contributed by atoms with van der Waals surface area (Å²) in [5.41, 5.74) is 5.79. The molecule has 1 unspecified atom stereocenters. The number of hydrogen-bond acceptors (Lipinski definition) is 5. The third-order valence-electron chi connectivity index (χ3n) is 3.16. The molecule has 0 radical (unpaired) electrons. The van der Waals surface area contributed by atoms with Crippen LogP contribution in [-0.2, 0) is 4.79 Å². The standard InChI is InChI=1S/C13H17N3O4/c14-12(9-4-5-9)7-15-13(17)8-20-11-3-1-2-10(6-11)16(18)19/h1-3,6,9,12H,4-5,7-8,14H2,(H,15,17). The second-order valence-electron chi connectivity index (χ2n) is 4.85. The average Bonchev–Trinajstić information content (AvgIpc) is 3.27. The number of rotatable bonds is 7. The number of amides is 1. The summed E-state index contributed by atoms with van der Waals surface area (Å²) in [5, 5.41) is 13.3. The van der Waals surface area contributed by atoms with Crippen LogP contribution >= 0.6 is 0 Å². The van der Waals surface area contributed by atoms with Crippen molar-refractivity contribution in [2.75, 3.05) is 13.2 Å². The molecule has 1 aliphatic carbocycles. The maximum atomic E-state index is 11.6. The summed E-state index contributed by atoms with van der Waals surface area (Å²) in [6.45, 7) is 0.250. The largest absolute Gasteiger partial charge is 0.484 e.